The maximum atomic E-state index is 5.63. The lowest BCUT2D eigenvalue weighted by molar-refractivity contribution is 0.466. The van der Waals surface area contributed by atoms with E-state index in [2.05, 4.69) is 35.0 Å². The van der Waals surface area contributed by atoms with Gasteiger partial charge in [-0.05, 0) is 55.8 Å². The highest BCUT2D eigenvalue weighted by Gasteiger charge is 2.16. The van der Waals surface area contributed by atoms with Crippen LogP contribution in [0.15, 0.2) is 30.5 Å². The molecule has 0 saturated heterocycles. The highest BCUT2D eigenvalue weighted by Crippen LogP contribution is 2.28. The first kappa shape index (κ1) is 12.7. The van der Waals surface area contributed by atoms with Crippen LogP contribution in [0.4, 0.5) is 0 Å². The van der Waals surface area contributed by atoms with Gasteiger partial charge in [-0.3, -0.25) is 0 Å². The first-order valence-corrected chi connectivity index (χ1v) is 7.65. The Morgan fingerprint density at radius 2 is 2.00 bits per heavy atom. The van der Waals surface area contributed by atoms with Crippen LogP contribution in [-0.2, 0) is 13.0 Å². The van der Waals surface area contributed by atoms with Crippen molar-refractivity contribution < 1.29 is 0 Å². The van der Waals surface area contributed by atoms with Gasteiger partial charge in [-0.15, -0.1) is 0 Å². The molecule has 2 heteroatoms. The third kappa shape index (κ3) is 2.69. The molecular weight excluding hydrogens is 232 g/mol. The van der Waals surface area contributed by atoms with E-state index in [1.807, 2.05) is 0 Å². The van der Waals surface area contributed by atoms with Crippen LogP contribution in [0.2, 0.25) is 0 Å². The van der Waals surface area contributed by atoms with Crippen molar-refractivity contribution >= 4 is 10.9 Å². The average Bonchev–Trinajstić information content (AvgIpc) is 3.07. The minimum atomic E-state index is 0.777. The van der Waals surface area contributed by atoms with Crippen LogP contribution in [-0.4, -0.2) is 11.1 Å². The molecule has 102 valence electrons. The van der Waals surface area contributed by atoms with E-state index in [1.165, 1.54) is 48.7 Å². The third-order valence-electron chi connectivity index (χ3n) is 4.48. The monoisotopic (exact) mass is 256 g/mol. The number of fused-ring (bicyclic) bond motifs is 1. The smallest absolute Gasteiger partial charge is 0.0483 e. The average molecular weight is 256 g/mol. The van der Waals surface area contributed by atoms with E-state index in [9.17, 15) is 0 Å². The number of benzene rings is 1. The quantitative estimate of drug-likeness (QED) is 0.868. The lowest BCUT2D eigenvalue weighted by Crippen LogP contribution is -2.06. The van der Waals surface area contributed by atoms with Crippen LogP contribution in [0.25, 0.3) is 10.9 Å². The topological polar surface area (TPSA) is 30.9 Å². The Balaban J connectivity index is 1.85. The van der Waals surface area contributed by atoms with Crippen LogP contribution < -0.4 is 5.73 Å². The fourth-order valence-electron chi connectivity index (χ4n) is 3.43. The summed E-state index contributed by atoms with van der Waals surface area (Å²) in [6.45, 7) is 1.98. The van der Waals surface area contributed by atoms with Crippen molar-refractivity contribution in [3.8, 4) is 0 Å². The molecule has 0 amide bonds. The first-order chi connectivity index (χ1) is 9.38. The standard InChI is InChI=1S/C17H24N2/c18-11-4-8-15-7-3-9-17-16(15)10-12-19(17)13-14-5-1-2-6-14/h3,7,9-10,12,14H,1-2,4-6,8,11,13,18H2. The fraction of sp³-hybridized carbons (Fsp3) is 0.529. The Labute approximate surface area is 115 Å². The maximum Gasteiger partial charge on any atom is 0.0483 e. The number of nitrogens with zero attached hydrogens (tertiary/aromatic N) is 1. The van der Waals surface area contributed by atoms with Crippen LogP contribution in [0.1, 0.15) is 37.7 Å². The zero-order valence-corrected chi connectivity index (χ0v) is 11.6. The van der Waals surface area contributed by atoms with Crippen molar-refractivity contribution in [3.05, 3.63) is 36.0 Å². The molecule has 2 aromatic rings. The summed E-state index contributed by atoms with van der Waals surface area (Å²) in [6, 6.07) is 8.99. The highest BCUT2D eigenvalue weighted by atomic mass is 15.0. The van der Waals surface area contributed by atoms with Crippen molar-refractivity contribution in [1.29, 1.82) is 0 Å². The first-order valence-electron chi connectivity index (χ1n) is 7.65. The molecule has 1 saturated carbocycles. The van der Waals surface area contributed by atoms with E-state index >= 15 is 0 Å². The molecule has 0 bridgehead atoms. The minimum Gasteiger partial charge on any atom is -0.347 e. The molecule has 2 N–H and O–H groups in total. The fourth-order valence-corrected chi connectivity index (χ4v) is 3.43. The molecule has 0 unspecified atom stereocenters. The van der Waals surface area contributed by atoms with Gasteiger partial charge in [0.15, 0.2) is 0 Å². The van der Waals surface area contributed by atoms with E-state index in [4.69, 9.17) is 5.73 Å². The Morgan fingerprint density at radius 1 is 1.16 bits per heavy atom. The predicted octanol–water partition coefficient (Wildman–Crippen LogP) is 3.72. The van der Waals surface area contributed by atoms with E-state index in [0.29, 0.717) is 0 Å². The van der Waals surface area contributed by atoms with E-state index in [0.717, 1.165) is 25.3 Å². The van der Waals surface area contributed by atoms with E-state index < -0.39 is 0 Å². The van der Waals surface area contributed by atoms with Gasteiger partial charge in [0.1, 0.15) is 0 Å². The molecule has 1 heterocycles. The van der Waals surface area contributed by atoms with Gasteiger partial charge in [0.25, 0.3) is 0 Å². The summed E-state index contributed by atoms with van der Waals surface area (Å²) in [5, 5.41) is 1.42. The molecule has 3 rings (SSSR count). The lowest BCUT2D eigenvalue weighted by atomic mass is 10.1. The van der Waals surface area contributed by atoms with Crippen molar-refractivity contribution in [2.24, 2.45) is 11.7 Å². The largest absolute Gasteiger partial charge is 0.347 e. The summed E-state index contributed by atoms with van der Waals surface area (Å²) in [7, 11) is 0. The summed E-state index contributed by atoms with van der Waals surface area (Å²) in [4.78, 5) is 0. The molecular formula is C17H24N2. The number of hydrogen-bond acceptors (Lipinski definition) is 1. The SMILES string of the molecule is NCCCc1cccc2c1ccn2CC1CCCC1. The van der Waals surface area contributed by atoms with Gasteiger partial charge in [-0.1, -0.05) is 25.0 Å². The summed E-state index contributed by atoms with van der Waals surface area (Å²) in [5.41, 5.74) is 8.49. The van der Waals surface area contributed by atoms with Crippen LogP contribution in [0.5, 0.6) is 0 Å². The van der Waals surface area contributed by atoms with Crippen molar-refractivity contribution in [2.75, 3.05) is 6.54 Å². The van der Waals surface area contributed by atoms with Crippen LogP contribution in [0.3, 0.4) is 0 Å². The lowest BCUT2D eigenvalue weighted by Gasteiger charge is -2.12. The number of aromatic nitrogens is 1. The van der Waals surface area contributed by atoms with Gasteiger partial charge < -0.3 is 10.3 Å². The molecule has 0 spiro atoms. The van der Waals surface area contributed by atoms with E-state index in [-0.39, 0.29) is 0 Å². The van der Waals surface area contributed by atoms with Crippen molar-refractivity contribution in [2.45, 2.75) is 45.1 Å². The van der Waals surface area contributed by atoms with Gasteiger partial charge in [-0.25, -0.2) is 0 Å². The zero-order valence-electron chi connectivity index (χ0n) is 11.6. The molecule has 0 atom stereocenters. The van der Waals surface area contributed by atoms with Gasteiger partial charge >= 0.3 is 0 Å². The second kappa shape index (κ2) is 5.79. The van der Waals surface area contributed by atoms with Gasteiger partial charge in [-0.2, -0.15) is 0 Å². The van der Waals surface area contributed by atoms with Gasteiger partial charge in [0.05, 0.1) is 0 Å². The molecule has 19 heavy (non-hydrogen) atoms. The molecule has 1 aromatic heterocycles. The Morgan fingerprint density at radius 3 is 2.79 bits per heavy atom. The Bertz CT molecular complexity index is 535. The Kier molecular flexibility index (Phi) is 3.88. The van der Waals surface area contributed by atoms with Gasteiger partial charge in [0.2, 0.25) is 0 Å². The number of hydrogen-bond donors (Lipinski definition) is 1. The zero-order chi connectivity index (χ0) is 13.1. The van der Waals surface area contributed by atoms with Gasteiger partial charge in [0, 0.05) is 23.6 Å². The normalized spacial score (nSPS) is 16.5. The minimum absolute atomic E-state index is 0.777. The summed E-state index contributed by atoms with van der Waals surface area (Å²) < 4.78 is 2.46. The number of rotatable bonds is 5. The molecule has 0 aliphatic heterocycles. The van der Waals surface area contributed by atoms with Crippen molar-refractivity contribution in [3.63, 3.8) is 0 Å². The molecule has 1 aliphatic carbocycles. The van der Waals surface area contributed by atoms with Crippen LogP contribution >= 0.6 is 0 Å². The highest BCUT2D eigenvalue weighted by molar-refractivity contribution is 5.83. The molecule has 1 aliphatic rings. The summed E-state index contributed by atoms with van der Waals surface area (Å²) >= 11 is 0. The maximum absolute atomic E-state index is 5.63. The van der Waals surface area contributed by atoms with Crippen LogP contribution in [0, 0.1) is 5.92 Å². The number of aryl methyl sites for hydroxylation is 1. The Hall–Kier alpha value is -1.28. The molecule has 1 fully saturated rings. The number of nitrogens with two attached hydrogens (primary N) is 1. The second-order valence-electron chi connectivity index (χ2n) is 5.86. The predicted molar refractivity (Wildman–Crippen MR) is 81.3 cm³/mol. The molecule has 2 nitrogen and oxygen atoms in total. The summed E-state index contributed by atoms with van der Waals surface area (Å²) in [6.07, 6.45) is 10.1. The molecule has 1 aromatic carbocycles. The van der Waals surface area contributed by atoms with E-state index in [1.54, 1.807) is 0 Å². The second-order valence-corrected chi connectivity index (χ2v) is 5.86. The summed E-state index contributed by atoms with van der Waals surface area (Å²) in [5.74, 6) is 0.892. The molecule has 0 radical (unpaired) electrons. The van der Waals surface area contributed by atoms with Crippen molar-refractivity contribution in [1.82, 2.24) is 4.57 Å². The third-order valence-corrected chi connectivity index (χ3v) is 4.48.